The van der Waals surface area contributed by atoms with Gasteiger partial charge in [0.05, 0.1) is 10.5 Å². The number of hydrogen-bond donors (Lipinski definition) is 1. The van der Waals surface area contributed by atoms with Crippen LogP contribution in [0.3, 0.4) is 0 Å². The summed E-state index contributed by atoms with van der Waals surface area (Å²) in [5, 5.41) is 11.6. The number of nitrogens with one attached hydrogen (secondary N) is 1. The Balaban J connectivity index is 1.83. The molecule has 1 saturated heterocycles. The number of urea groups is 1. The Morgan fingerprint density at radius 2 is 2.20 bits per heavy atom. The van der Waals surface area contributed by atoms with E-state index in [1.807, 2.05) is 0 Å². The van der Waals surface area contributed by atoms with E-state index in [9.17, 15) is 9.18 Å². The van der Waals surface area contributed by atoms with Gasteiger partial charge in [-0.1, -0.05) is 6.07 Å². The molecule has 0 aromatic heterocycles. The number of likely N-dealkylation sites (tertiary alicyclic amines) is 1. The van der Waals surface area contributed by atoms with Crippen molar-refractivity contribution in [3.8, 4) is 6.07 Å². The second-order valence-electron chi connectivity index (χ2n) is 4.80. The zero-order valence-electron chi connectivity index (χ0n) is 10.9. The van der Waals surface area contributed by atoms with E-state index in [0.29, 0.717) is 29.7 Å². The van der Waals surface area contributed by atoms with Gasteiger partial charge >= 0.3 is 6.03 Å². The van der Waals surface area contributed by atoms with E-state index < -0.39 is 0 Å². The van der Waals surface area contributed by atoms with Gasteiger partial charge in [-0.2, -0.15) is 5.26 Å². The molecule has 1 aromatic carbocycles. The second kappa shape index (κ2) is 6.71. The number of amides is 2. The summed E-state index contributed by atoms with van der Waals surface area (Å²) in [6, 6.07) is 6.84. The first-order valence-corrected chi connectivity index (χ1v) is 7.26. The number of carbonyl (C=O) groups is 1. The Kier molecular flexibility index (Phi) is 4.96. The van der Waals surface area contributed by atoms with Crippen molar-refractivity contribution in [3.05, 3.63) is 34.1 Å². The lowest BCUT2D eigenvalue weighted by molar-refractivity contribution is 0.178. The van der Waals surface area contributed by atoms with Crippen LogP contribution in [0, 0.1) is 23.1 Å². The average molecular weight is 340 g/mol. The van der Waals surface area contributed by atoms with Crippen LogP contribution in [0.5, 0.6) is 0 Å². The largest absolute Gasteiger partial charge is 0.334 e. The van der Waals surface area contributed by atoms with Crippen molar-refractivity contribution < 1.29 is 9.18 Å². The summed E-state index contributed by atoms with van der Waals surface area (Å²) < 4.78 is 13.7. The van der Waals surface area contributed by atoms with Gasteiger partial charge < -0.3 is 10.2 Å². The van der Waals surface area contributed by atoms with E-state index in [4.69, 9.17) is 5.26 Å². The number of benzene rings is 1. The Hall–Kier alpha value is -1.61. The summed E-state index contributed by atoms with van der Waals surface area (Å²) >= 11 is 3.09. The summed E-state index contributed by atoms with van der Waals surface area (Å²) in [5.41, 5.74) is 0.714. The fraction of sp³-hybridized carbons (Fsp3) is 0.429. The molecule has 6 heteroatoms. The zero-order valence-corrected chi connectivity index (χ0v) is 12.5. The van der Waals surface area contributed by atoms with Crippen molar-refractivity contribution in [2.24, 2.45) is 5.92 Å². The summed E-state index contributed by atoms with van der Waals surface area (Å²) in [7, 11) is 0. The first kappa shape index (κ1) is 14.8. The van der Waals surface area contributed by atoms with Gasteiger partial charge in [-0.05, 0) is 46.5 Å². The maximum atomic E-state index is 13.3. The molecule has 1 heterocycles. The van der Waals surface area contributed by atoms with Gasteiger partial charge in [0, 0.05) is 25.6 Å². The Morgan fingerprint density at radius 1 is 1.50 bits per heavy atom. The fourth-order valence-electron chi connectivity index (χ4n) is 2.15. The van der Waals surface area contributed by atoms with Gasteiger partial charge in [0.2, 0.25) is 0 Å². The van der Waals surface area contributed by atoms with E-state index in [1.165, 1.54) is 6.07 Å². The summed E-state index contributed by atoms with van der Waals surface area (Å²) in [5.74, 6) is -0.286. The van der Waals surface area contributed by atoms with Crippen molar-refractivity contribution in [1.29, 1.82) is 5.26 Å². The number of piperidine rings is 1. The highest BCUT2D eigenvalue weighted by Gasteiger charge is 2.22. The predicted octanol–water partition coefficient (Wildman–Crippen LogP) is 3.03. The number of halogens is 2. The molecular formula is C14H15BrFN3O. The molecular weight excluding hydrogens is 325 g/mol. The van der Waals surface area contributed by atoms with Crippen LogP contribution in [-0.2, 0) is 6.54 Å². The first-order valence-electron chi connectivity index (χ1n) is 6.46. The molecule has 0 atom stereocenters. The van der Waals surface area contributed by atoms with E-state index in [2.05, 4.69) is 27.3 Å². The van der Waals surface area contributed by atoms with Crippen LogP contribution in [0.1, 0.15) is 18.4 Å². The molecule has 2 amide bonds. The molecule has 1 fully saturated rings. The molecule has 1 aliphatic heterocycles. The minimum Gasteiger partial charge on any atom is -0.334 e. The topological polar surface area (TPSA) is 56.1 Å². The smallest absolute Gasteiger partial charge is 0.317 e. The Morgan fingerprint density at radius 3 is 2.80 bits per heavy atom. The van der Waals surface area contributed by atoms with Crippen LogP contribution in [0.2, 0.25) is 0 Å². The van der Waals surface area contributed by atoms with Crippen LogP contribution in [0.15, 0.2) is 22.7 Å². The zero-order chi connectivity index (χ0) is 14.5. The molecule has 4 nitrogen and oxygen atoms in total. The molecule has 0 spiro atoms. The molecule has 1 N–H and O–H groups in total. The van der Waals surface area contributed by atoms with Crippen LogP contribution in [-0.4, -0.2) is 24.0 Å². The molecule has 20 heavy (non-hydrogen) atoms. The normalized spacial score (nSPS) is 15.8. The van der Waals surface area contributed by atoms with E-state index in [1.54, 1.807) is 17.0 Å². The minimum absolute atomic E-state index is 0.0552. The maximum Gasteiger partial charge on any atom is 0.317 e. The third-order valence-corrected chi connectivity index (χ3v) is 4.04. The van der Waals surface area contributed by atoms with Crippen LogP contribution >= 0.6 is 15.9 Å². The molecule has 2 rings (SSSR count). The van der Waals surface area contributed by atoms with Crippen molar-refractivity contribution in [3.63, 3.8) is 0 Å². The van der Waals surface area contributed by atoms with E-state index in [0.717, 1.165) is 12.8 Å². The van der Waals surface area contributed by atoms with Gasteiger partial charge in [0.1, 0.15) is 5.82 Å². The van der Waals surface area contributed by atoms with Gasteiger partial charge in [0.25, 0.3) is 0 Å². The van der Waals surface area contributed by atoms with Gasteiger partial charge in [0.15, 0.2) is 0 Å². The quantitative estimate of drug-likeness (QED) is 0.900. The molecule has 1 aliphatic rings. The summed E-state index contributed by atoms with van der Waals surface area (Å²) in [6.45, 7) is 1.48. The lowest BCUT2D eigenvalue weighted by atomic mass is 9.99. The van der Waals surface area contributed by atoms with Crippen molar-refractivity contribution in [1.82, 2.24) is 10.2 Å². The summed E-state index contributed by atoms with van der Waals surface area (Å²) in [4.78, 5) is 13.6. The highest BCUT2D eigenvalue weighted by molar-refractivity contribution is 9.10. The number of rotatable bonds is 2. The number of nitrogens with zero attached hydrogens (tertiary/aromatic N) is 2. The molecule has 0 bridgehead atoms. The number of carbonyl (C=O) groups excluding carboxylic acids is 1. The standard InChI is InChI=1S/C14H15BrFN3O/c15-12-2-1-11(7-13(12)16)9-18-14(20)19-5-3-10(8-17)4-6-19/h1-2,7,10H,3-6,9H2,(H,18,20). The predicted molar refractivity (Wildman–Crippen MR) is 76.2 cm³/mol. The molecule has 106 valence electrons. The molecule has 0 aliphatic carbocycles. The molecule has 1 aromatic rings. The van der Waals surface area contributed by atoms with E-state index in [-0.39, 0.29) is 17.8 Å². The van der Waals surface area contributed by atoms with Crippen molar-refractivity contribution >= 4 is 22.0 Å². The average Bonchev–Trinajstić information content (AvgIpc) is 2.48. The number of nitriles is 1. The van der Waals surface area contributed by atoms with Crippen LogP contribution in [0.4, 0.5) is 9.18 Å². The third kappa shape index (κ3) is 3.70. The van der Waals surface area contributed by atoms with Crippen molar-refractivity contribution in [2.45, 2.75) is 19.4 Å². The molecule has 0 saturated carbocycles. The SMILES string of the molecule is N#CC1CCN(C(=O)NCc2ccc(Br)c(F)c2)CC1. The maximum absolute atomic E-state index is 13.3. The second-order valence-corrected chi connectivity index (χ2v) is 5.65. The van der Waals surface area contributed by atoms with Crippen LogP contribution < -0.4 is 5.32 Å². The minimum atomic E-state index is -0.341. The highest BCUT2D eigenvalue weighted by atomic mass is 79.9. The first-order chi connectivity index (χ1) is 9.60. The lowest BCUT2D eigenvalue weighted by Crippen LogP contribution is -2.44. The molecule has 0 unspecified atom stereocenters. The van der Waals surface area contributed by atoms with Crippen molar-refractivity contribution in [2.75, 3.05) is 13.1 Å². The third-order valence-electron chi connectivity index (χ3n) is 3.39. The summed E-state index contributed by atoms with van der Waals surface area (Å²) in [6.07, 6.45) is 1.44. The van der Waals surface area contributed by atoms with Gasteiger partial charge in [-0.15, -0.1) is 0 Å². The lowest BCUT2D eigenvalue weighted by Gasteiger charge is -2.29. The number of hydrogen-bond acceptors (Lipinski definition) is 2. The molecule has 0 radical (unpaired) electrons. The van der Waals surface area contributed by atoms with Gasteiger partial charge in [-0.3, -0.25) is 0 Å². The monoisotopic (exact) mass is 339 g/mol. The Labute approximate surface area is 125 Å². The van der Waals surface area contributed by atoms with Crippen LogP contribution in [0.25, 0.3) is 0 Å². The highest BCUT2D eigenvalue weighted by Crippen LogP contribution is 2.17. The Bertz CT molecular complexity index is 536. The van der Waals surface area contributed by atoms with E-state index >= 15 is 0 Å². The van der Waals surface area contributed by atoms with Gasteiger partial charge in [-0.25, -0.2) is 9.18 Å². The fourth-order valence-corrected chi connectivity index (χ4v) is 2.40.